The highest BCUT2D eigenvalue weighted by Gasteiger charge is 2.12. The lowest BCUT2D eigenvalue weighted by Gasteiger charge is -2.10. The van der Waals surface area contributed by atoms with Crippen molar-refractivity contribution in [1.82, 2.24) is 0 Å². The van der Waals surface area contributed by atoms with Crippen LogP contribution in [0, 0.1) is 0 Å². The number of likely N-dealkylation sites (N-methyl/N-ethyl adjacent to an activating group) is 1. The highest BCUT2D eigenvalue weighted by Crippen LogP contribution is 2.25. The Morgan fingerprint density at radius 1 is 0.529 bits per heavy atom. The minimum atomic E-state index is 1.00. The van der Waals surface area contributed by atoms with Gasteiger partial charge in [-0.3, -0.25) is 0 Å². The zero-order valence-electron chi connectivity index (χ0n) is 19.7. The SMILES string of the molecule is CC.CC.CC.CN1CCc2ccccc21.CO.FF.FF.FF.FF.FF.FF.FF.FF. The van der Waals surface area contributed by atoms with Gasteiger partial charge in [0, 0.05) is 99.6 Å². The predicted molar refractivity (Wildman–Crippen MR) is 103 cm³/mol. The number of benzene rings is 1. The lowest BCUT2D eigenvalue weighted by atomic mass is 10.2. The number of aliphatic hydroxyl groups excluding tert-OH is 1. The third-order valence-corrected chi connectivity index (χ3v) is 2.12. The Labute approximate surface area is 188 Å². The first-order valence-electron chi connectivity index (χ1n) is 8.26. The number of para-hydroxylation sites is 1. The number of nitrogens with zero attached hydrogens (tertiary/aromatic N) is 1. The standard InChI is InChI=1S/C9H11N.3C2H6.CH4O.8F2/c1-10-7-6-8-4-2-3-5-9(8)10;12*1-2/h2-5H,6-7H2,1H3;3*1-2H3;2H,1H3;;;;;;;;. The molecule has 34 heavy (non-hydrogen) atoms. The molecule has 1 aliphatic rings. The van der Waals surface area contributed by atoms with E-state index < -0.39 is 0 Å². The molecule has 1 N–H and O–H groups in total. The minimum absolute atomic E-state index is 1.00. The fraction of sp³-hybridized carbons (Fsp3) is 0.625. The molecule has 2 nitrogen and oxygen atoms in total. The monoisotopic (exact) mass is 559 g/mol. The average molecular weight is 559 g/mol. The summed E-state index contributed by atoms with van der Waals surface area (Å²) in [5.74, 6) is 0. The van der Waals surface area contributed by atoms with Gasteiger partial charge < -0.3 is 10.0 Å². The van der Waals surface area contributed by atoms with Crippen LogP contribution in [-0.4, -0.2) is 25.8 Å². The van der Waals surface area contributed by atoms with Crippen molar-refractivity contribution in [1.29, 1.82) is 0 Å². The van der Waals surface area contributed by atoms with Crippen LogP contribution in [-0.2, 0) is 6.42 Å². The summed E-state index contributed by atoms with van der Waals surface area (Å²) in [4.78, 5) is 2.30. The lowest BCUT2D eigenvalue weighted by Crippen LogP contribution is -2.12. The molecule has 0 unspecified atom stereocenters. The molecule has 0 saturated carbocycles. The number of hydrogen-bond donors (Lipinski definition) is 1. The molecule has 2 rings (SSSR count). The maximum absolute atomic E-state index is 8.00. The smallest absolute Gasteiger partial charge is 0.0396 e. The topological polar surface area (TPSA) is 23.5 Å². The van der Waals surface area contributed by atoms with Gasteiger partial charge in [0.25, 0.3) is 0 Å². The van der Waals surface area contributed by atoms with E-state index in [1.165, 1.54) is 24.2 Å². The second-order valence-corrected chi connectivity index (χ2v) is 2.80. The van der Waals surface area contributed by atoms with Crippen molar-refractivity contribution in [2.24, 2.45) is 0 Å². The molecule has 0 fully saturated rings. The Morgan fingerprint density at radius 2 is 0.765 bits per heavy atom. The number of aliphatic hydroxyl groups is 1. The van der Waals surface area contributed by atoms with Crippen molar-refractivity contribution in [3.05, 3.63) is 29.8 Å². The quantitative estimate of drug-likeness (QED) is 0.320. The van der Waals surface area contributed by atoms with Crippen molar-refractivity contribution in [2.75, 3.05) is 25.6 Å². The number of fused-ring (bicyclic) bond motifs is 1. The predicted octanol–water partition coefficient (Wildman–Crippen LogP) is 11.1. The van der Waals surface area contributed by atoms with Gasteiger partial charge in [-0.05, 0) is 18.1 Å². The number of hydrogen-bond acceptors (Lipinski definition) is 2. The lowest BCUT2D eigenvalue weighted by molar-refractivity contribution is 0.108. The Hall–Kier alpha value is -2.14. The third kappa shape index (κ3) is 78.0. The van der Waals surface area contributed by atoms with Crippen LogP contribution in [0.2, 0.25) is 0 Å². The van der Waals surface area contributed by atoms with Crippen LogP contribution in [0.5, 0.6) is 0 Å². The number of halogens is 16. The van der Waals surface area contributed by atoms with E-state index in [0.29, 0.717) is 0 Å². The summed E-state index contributed by atoms with van der Waals surface area (Å²) in [5, 5.41) is 7.00. The third-order valence-electron chi connectivity index (χ3n) is 2.12. The minimum Gasteiger partial charge on any atom is -0.400 e. The van der Waals surface area contributed by atoms with Crippen LogP contribution in [0.25, 0.3) is 0 Å². The van der Waals surface area contributed by atoms with Gasteiger partial charge in [0.1, 0.15) is 0 Å². The van der Waals surface area contributed by atoms with Crippen LogP contribution in [0.15, 0.2) is 24.3 Å². The van der Waals surface area contributed by atoms with Crippen molar-refractivity contribution >= 4 is 5.69 Å². The first-order valence-corrected chi connectivity index (χ1v) is 8.26. The Kier molecular flexibility index (Phi) is 341. The molecule has 0 aliphatic carbocycles. The molecular weight excluding hydrogens is 526 g/mol. The summed E-state index contributed by atoms with van der Waals surface area (Å²) in [6.45, 7) is 13.2. The first kappa shape index (κ1) is 69.7. The van der Waals surface area contributed by atoms with Crippen LogP contribution >= 0.6 is 0 Å². The van der Waals surface area contributed by atoms with E-state index in [1.54, 1.807) is 0 Å². The Bertz CT molecular complexity index is 283. The zero-order chi connectivity index (χ0) is 31.0. The van der Waals surface area contributed by atoms with Crippen molar-refractivity contribution in [3.63, 3.8) is 0 Å². The van der Waals surface area contributed by atoms with Gasteiger partial charge in [0.15, 0.2) is 0 Å². The van der Waals surface area contributed by atoms with Crippen molar-refractivity contribution < 1.29 is 78.3 Å². The number of anilines is 1. The molecule has 1 aromatic carbocycles. The molecule has 1 heterocycles. The van der Waals surface area contributed by atoms with Crippen LogP contribution < -0.4 is 4.90 Å². The van der Waals surface area contributed by atoms with Crippen LogP contribution in [0.1, 0.15) is 47.1 Å². The molecule has 0 aromatic heterocycles. The fourth-order valence-corrected chi connectivity index (χ4v) is 1.50. The summed E-state index contributed by atoms with van der Waals surface area (Å²) in [6, 6.07) is 8.60. The molecule has 1 aromatic rings. The molecule has 0 amide bonds. The van der Waals surface area contributed by atoms with E-state index in [9.17, 15) is 0 Å². The largest absolute Gasteiger partial charge is 0.400 e. The van der Waals surface area contributed by atoms with Gasteiger partial charge >= 0.3 is 0 Å². The molecule has 0 bridgehead atoms. The zero-order valence-corrected chi connectivity index (χ0v) is 19.7. The fourth-order valence-electron chi connectivity index (χ4n) is 1.50. The summed E-state index contributed by atoms with van der Waals surface area (Å²) >= 11 is 0. The molecule has 0 atom stereocenters. The van der Waals surface area contributed by atoms with E-state index in [0.717, 1.165) is 7.11 Å². The first-order chi connectivity index (χ1) is 16.9. The van der Waals surface area contributed by atoms with Gasteiger partial charge in [-0.2, -0.15) is 0 Å². The summed E-state index contributed by atoms with van der Waals surface area (Å²) in [5.41, 5.74) is 2.90. The Balaban J connectivity index is -0.0000000213. The van der Waals surface area contributed by atoms with Gasteiger partial charge in [-0.1, -0.05) is 59.7 Å². The summed E-state index contributed by atoms with van der Waals surface area (Å²) in [7, 11) is 3.14. The van der Waals surface area contributed by atoms with Gasteiger partial charge in [-0.15, -0.1) is 0 Å². The van der Waals surface area contributed by atoms with E-state index in [1.807, 2.05) is 41.5 Å². The average Bonchev–Trinajstić information content (AvgIpc) is 3.42. The maximum Gasteiger partial charge on any atom is 0.0396 e. The van der Waals surface area contributed by atoms with Crippen LogP contribution in [0.4, 0.5) is 78.9 Å². The maximum atomic E-state index is 8.00. The van der Waals surface area contributed by atoms with Gasteiger partial charge in [0.05, 0.1) is 0 Å². The molecule has 18 heteroatoms. The van der Waals surface area contributed by atoms with Gasteiger partial charge in [0.2, 0.25) is 0 Å². The second-order valence-electron chi connectivity index (χ2n) is 2.80. The molecule has 1 aliphatic heterocycles. The van der Waals surface area contributed by atoms with E-state index in [2.05, 4.69) is 36.2 Å². The molecular formula is C16H33F16NO. The van der Waals surface area contributed by atoms with E-state index in [4.69, 9.17) is 78.3 Å². The Morgan fingerprint density at radius 3 is 1.00 bits per heavy atom. The number of rotatable bonds is 0. The molecule has 220 valence electrons. The normalized spacial score (nSPS) is 6.68. The van der Waals surface area contributed by atoms with E-state index in [-0.39, 0.29) is 0 Å². The summed E-state index contributed by atoms with van der Waals surface area (Å²) in [6.07, 6.45) is 1.21. The highest BCUT2D eigenvalue weighted by atomic mass is 20.0. The van der Waals surface area contributed by atoms with Crippen molar-refractivity contribution in [3.8, 4) is 0 Å². The van der Waals surface area contributed by atoms with Crippen molar-refractivity contribution in [2.45, 2.75) is 48.0 Å². The molecule has 0 radical (unpaired) electrons. The molecule has 0 saturated heterocycles. The highest BCUT2D eigenvalue weighted by molar-refractivity contribution is 5.56. The molecule has 0 spiro atoms. The second kappa shape index (κ2) is 166. The van der Waals surface area contributed by atoms with E-state index >= 15 is 0 Å². The van der Waals surface area contributed by atoms with Gasteiger partial charge in [-0.25, -0.2) is 0 Å². The van der Waals surface area contributed by atoms with Crippen LogP contribution in [0.3, 0.4) is 0 Å². The summed E-state index contributed by atoms with van der Waals surface area (Å²) < 4.78 is 128.